The second-order valence-corrected chi connectivity index (χ2v) is 4.49. The highest BCUT2D eigenvalue weighted by molar-refractivity contribution is 5.85. The summed E-state index contributed by atoms with van der Waals surface area (Å²) in [7, 11) is 0. The highest BCUT2D eigenvalue weighted by Crippen LogP contribution is 2.25. The first kappa shape index (κ1) is 18.4. The Hall–Kier alpha value is -0.610. The van der Waals surface area contributed by atoms with E-state index in [0.717, 1.165) is 37.3 Å². The summed E-state index contributed by atoms with van der Waals surface area (Å²) in [5, 5.41) is 3.30. The van der Waals surface area contributed by atoms with Crippen LogP contribution in [-0.2, 0) is 0 Å². The fourth-order valence-corrected chi connectivity index (χ4v) is 2.31. The van der Waals surface area contributed by atoms with Gasteiger partial charge in [0.05, 0.1) is 6.04 Å². The third-order valence-corrected chi connectivity index (χ3v) is 3.24. The normalized spacial score (nSPS) is 16.9. The zero-order chi connectivity index (χ0) is 12.3. The molecule has 1 aliphatic rings. The Balaban J connectivity index is 0.00000162. The number of nitrogens with zero attached hydrogens (tertiary/aromatic N) is 1. The van der Waals surface area contributed by atoms with Crippen LogP contribution in [0.25, 0.3) is 0 Å². The summed E-state index contributed by atoms with van der Waals surface area (Å²) in [4.78, 5) is 2.26. The van der Waals surface area contributed by atoms with Gasteiger partial charge in [0.25, 0.3) is 0 Å². The SMILES string of the molecule is C=C[C@H](c1ccc(C)cc1F)N1CCNCC1.Cl.Cl. The number of hydrogen-bond acceptors (Lipinski definition) is 2. The third kappa shape index (κ3) is 4.46. The van der Waals surface area contributed by atoms with Crippen molar-refractivity contribution in [3.63, 3.8) is 0 Å². The van der Waals surface area contributed by atoms with Gasteiger partial charge in [0, 0.05) is 31.7 Å². The van der Waals surface area contributed by atoms with Crippen LogP contribution in [0, 0.1) is 12.7 Å². The topological polar surface area (TPSA) is 15.3 Å². The maximum atomic E-state index is 14.0. The largest absolute Gasteiger partial charge is 0.314 e. The number of benzene rings is 1. The molecular formula is C14H21Cl2FN2. The molecule has 1 aromatic rings. The molecule has 1 aromatic carbocycles. The van der Waals surface area contributed by atoms with Crippen LogP contribution in [0.1, 0.15) is 17.2 Å². The van der Waals surface area contributed by atoms with Crippen LogP contribution in [0.5, 0.6) is 0 Å². The maximum absolute atomic E-state index is 14.0. The molecule has 0 amide bonds. The van der Waals surface area contributed by atoms with Crippen molar-refractivity contribution in [1.29, 1.82) is 0 Å². The molecule has 1 fully saturated rings. The first-order valence-corrected chi connectivity index (χ1v) is 6.06. The van der Waals surface area contributed by atoms with Gasteiger partial charge in [0.15, 0.2) is 0 Å². The molecule has 1 N–H and O–H groups in total. The second-order valence-electron chi connectivity index (χ2n) is 4.49. The summed E-state index contributed by atoms with van der Waals surface area (Å²) in [6.45, 7) is 9.53. The van der Waals surface area contributed by atoms with Crippen molar-refractivity contribution in [3.05, 3.63) is 47.8 Å². The molecule has 0 aromatic heterocycles. The van der Waals surface area contributed by atoms with E-state index in [1.165, 1.54) is 0 Å². The fraction of sp³-hybridized carbons (Fsp3) is 0.429. The average molecular weight is 307 g/mol. The second kappa shape index (κ2) is 8.54. The molecule has 1 aliphatic heterocycles. The summed E-state index contributed by atoms with van der Waals surface area (Å²) < 4.78 is 14.0. The lowest BCUT2D eigenvalue weighted by atomic mass is 10.0. The van der Waals surface area contributed by atoms with Crippen LogP contribution in [0.4, 0.5) is 4.39 Å². The first-order valence-electron chi connectivity index (χ1n) is 6.06. The molecule has 0 spiro atoms. The Bertz CT molecular complexity index is 406. The minimum Gasteiger partial charge on any atom is -0.314 e. The van der Waals surface area contributed by atoms with E-state index in [9.17, 15) is 4.39 Å². The molecule has 5 heteroatoms. The molecule has 2 rings (SSSR count). The fourth-order valence-electron chi connectivity index (χ4n) is 2.31. The summed E-state index contributed by atoms with van der Waals surface area (Å²) in [5.41, 5.74) is 1.68. The van der Waals surface area contributed by atoms with Crippen molar-refractivity contribution in [2.75, 3.05) is 26.2 Å². The van der Waals surface area contributed by atoms with Gasteiger partial charge in [-0.2, -0.15) is 0 Å². The summed E-state index contributed by atoms with van der Waals surface area (Å²) in [6.07, 6.45) is 1.83. The molecule has 2 nitrogen and oxygen atoms in total. The van der Waals surface area contributed by atoms with Crippen molar-refractivity contribution in [3.8, 4) is 0 Å². The van der Waals surface area contributed by atoms with Gasteiger partial charge in [-0.25, -0.2) is 4.39 Å². The Morgan fingerprint density at radius 1 is 1.32 bits per heavy atom. The highest BCUT2D eigenvalue weighted by Gasteiger charge is 2.21. The zero-order valence-corrected chi connectivity index (χ0v) is 12.7. The minimum absolute atomic E-state index is 0. The Labute approximate surface area is 126 Å². The molecule has 108 valence electrons. The predicted octanol–water partition coefficient (Wildman–Crippen LogP) is 3.11. The summed E-state index contributed by atoms with van der Waals surface area (Å²) in [6, 6.07) is 5.40. The molecule has 0 bridgehead atoms. The van der Waals surface area contributed by atoms with Crippen LogP contribution < -0.4 is 5.32 Å². The zero-order valence-electron chi connectivity index (χ0n) is 11.1. The molecule has 0 radical (unpaired) electrons. The van der Waals surface area contributed by atoms with Gasteiger partial charge in [-0.05, 0) is 18.6 Å². The molecular weight excluding hydrogens is 286 g/mol. The van der Waals surface area contributed by atoms with Crippen molar-refractivity contribution in [2.24, 2.45) is 0 Å². The molecule has 1 heterocycles. The van der Waals surface area contributed by atoms with Gasteiger partial charge < -0.3 is 5.32 Å². The van der Waals surface area contributed by atoms with Crippen LogP contribution in [0.2, 0.25) is 0 Å². The van der Waals surface area contributed by atoms with Gasteiger partial charge in [-0.1, -0.05) is 18.2 Å². The molecule has 0 aliphatic carbocycles. The third-order valence-electron chi connectivity index (χ3n) is 3.24. The van der Waals surface area contributed by atoms with E-state index in [1.54, 1.807) is 6.07 Å². The number of nitrogens with one attached hydrogen (secondary N) is 1. The lowest BCUT2D eigenvalue weighted by Gasteiger charge is -2.33. The maximum Gasteiger partial charge on any atom is 0.128 e. The summed E-state index contributed by atoms with van der Waals surface area (Å²) >= 11 is 0. The monoisotopic (exact) mass is 306 g/mol. The van der Waals surface area contributed by atoms with E-state index in [1.807, 2.05) is 25.1 Å². The molecule has 1 saturated heterocycles. The number of rotatable bonds is 3. The number of aryl methyl sites for hydroxylation is 1. The standard InChI is InChI=1S/C14H19FN2.2ClH/c1-3-14(17-8-6-16-7-9-17)12-5-4-11(2)10-13(12)15;;/h3-5,10,14,16H,1,6-9H2,2H3;2*1H/t14-;;/m1../s1. The minimum atomic E-state index is -0.131. The van der Waals surface area contributed by atoms with Gasteiger partial charge in [0.2, 0.25) is 0 Å². The van der Waals surface area contributed by atoms with Crippen LogP contribution in [-0.4, -0.2) is 31.1 Å². The van der Waals surface area contributed by atoms with Gasteiger partial charge in [-0.15, -0.1) is 31.4 Å². The quantitative estimate of drug-likeness (QED) is 0.863. The average Bonchev–Trinajstić information content (AvgIpc) is 2.34. The number of hydrogen-bond donors (Lipinski definition) is 1. The first-order chi connectivity index (χ1) is 8.22. The van der Waals surface area contributed by atoms with E-state index in [4.69, 9.17) is 0 Å². The van der Waals surface area contributed by atoms with E-state index < -0.39 is 0 Å². The van der Waals surface area contributed by atoms with Crippen LogP contribution in [0.15, 0.2) is 30.9 Å². The Morgan fingerprint density at radius 3 is 2.47 bits per heavy atom. The van der Waals surface area contributed by atoms with E-state index in [2.05, 4.69) is 16.8 Å². The van der Waals surface area contributed by atoms with E-state index in [0.29, 0.717) is 0 Å². The molecule has 0 unspecified atom stereocenters. The molecule has 0 saturated carbocycles. The van der Waals surface area contributed by atoms with Gasteiger partial charge in [0.1, 0.15) is 5.82 Å². The highest BCUT2D eigenvalue weighted by atomic mass is 35.5. The molecule has 19 heavy (non-hydrogen) atoms. The van der Waals surface area contributed by atoms with Crippen molar-refractivity contribution in [1.82, 2.24) is 10.2 Å². The van der Waals surface area contributed by atoms with Gasteiger partial charge >= 0.3 is 0 Å². The lowest BCUT2D eigenvalue weighted by Crippen LogP contribution is -2.44. The number of piperazine rings is 1. The van der Waals surface area contributed by atoms with Crippen molar-refractivity contribution in [2.45, 2.75) is 13.0 Å². The number of halogens is 3. The smallest absolute Gasteiger partial charge is 0.128 e. The molecule has 1 atom stereocenters. The van der Waals surface area contributed by atoms with Crippen LogP contribution >= 0.6 is 24.8 Å². The predicted molar refractivity (Wildman–Crippen MR) is 83.0 cm³/mol. The van der Waals surface area contributed by atoms with Crippen LogP contribution in [0.3, 0.4) is 0 Å². The summed E-state index contributed by atoms with van der Waals surface area (Å²) in [5.74, 6) is -0.131. The van der Waals surface area contributed by atoms with E-state index >= 15 is 0 Å². The van der Waals surface area contributed by atoms with Gasteiger partial charge in [-0.3, -0.25) is 4.90 Å². The van der Waals surface area contributed by atoms with E-state index in [-0.39, 0.29) is 36.7 Å². The van der Waals surface area contributed by atoms with Crippen molar-refractivity contribution < 1.29 is 4.39 Å². The lowest BCUT2D eigenvalue weighted by molar-refractivity contribution is 0.200. The van der Waals surface area contributed by atoms with Crippen molar-refractivity contribution >= 4 is 24.8 Å². The Morgan fingerprint density at radius 2 is 1.95 bits per heavy atom. The Kier molecular flexibility index (Phi) is 8.26.